The minimum Gasteiger partial charge on any atom is -0.506 e. The van der Waals surface area contributed by atoms with E-state index in [1.165, 1.54) is 4.90 Å². The molecule has 0 aromatic rings. The number of nitrogens with zero attached hydrogens (tertiary/aromatic N) is 1. The molecule has 0 aromatic heterocycles. The fourth-order valence-electron chi connectivity index (χ4n) is 1.86. The average molecular weight is 246 g/mol. The number of carbonyl (C=O) groups excluding carboxylic acids is 1. The van der Waals surface area contributed by atoms with Gasteiger partial charge in [-0.05, 0) is 0 Å². The summed E-state index contributed by atoms with van der Waals surface area (Å²) in [7, 11) is 0. The van der Waals surface area contributed by atoms with Crippen LogP contribution in [0.1, 0.15) is 6.42 Å². The van der Waals surface area contributed by atoms with Gasteiger partial charge in [-0.1, -0.05) is 0 Å². The average Bonchev–Trinajstić information content (AvgIpc) is 2.57. The van der Waals surface area contributed by atoms with Gasteiger partial charge in [0, 0.05) is 13.0 Å². The highest BCUT2D eigenvalue weighted by Gasteiger charge is 2.43. The van der Waals surface area contributed by atoms with Crippen LogP contribution >= 0.6 is 0 Å². The number of carbonyl (C=O) groups is 1. The summed E-state index contributed by atoms with van der Waals surface area (Å²) in [5.74, 6) is -0.894. The Morgan fingerprint density at radius 1 is 1.47 bits per heavy atom. The zero-order valence-corrected chi connectivity index (χ0v) is 8.91. The van der Waals surface area contributed by atoms with E-state index < -0.39 is 31.0 Å². The lowest BCUT2D eigenvalue weighted by Gasteiger charge is -2.36. The molecule has 2 unspecified atom stereocenters. The zero-order chi connectivity index (χ0) is 12.6. The SMILES string of the molecule is O=C1CCN([C@@H]2OC(CO)=C(O)C2O)C(O)N1. The Labute approximate surface area is 96.7 Å². The fourth-order valence-corrected chi connectivity index (χ4v) is 1.86. The summed E-state index contributed by atoms with van der Waals surface area (Å²) in [6.07, 6.45) is -3.52. The number of hydrogen-bond donors (Lipinski definition) is 5. The van der Waals surface area contributed by atoms with Crippen molar-refractivity contribution in [2.45, 2.75) is 25.1 Å². The molecular weight excluding hydrogens is 232 g/mol. The molecule has 0 spiro atoms. The first-order valence-electron chi connectivity index (χ1n) is 5.15. The minimum atomic E-state index is -1.36. The van der Waals surface area contributed by atoms with Crippen LogP contribution in [0.2, 0.25) is 0 Å². The summed E-state index contributed by atoms with van der Waals surface area (Å²) in [6, 6.07) is 0. The van der Waals surface area contributed by atoms with Crippen LogP contribution in [0.4, 0.5) is 0 Å². The monoisotopic (exact) mass is 246 g/mol. The van der Waals surface area contributed by atoms with Crippen molar-refractivity contribution >= 4 is 5.91 Å². The van der Waals surface area contributed by atoms with Gasteiger partial charge < -0.3 is 30.5 Å². The molecule has 96 valence electrons. The van der Waals surface area contributed by atoms with E-state index in [1.807, 2.05) is 0 Å². The van der Waals surface area contributed by atoms with E-state index in [2.05, 4.69) is 5.32 Å². The van der Waals surface area contributed by atoms with Crippen LogP contribution < -0.4 is 5.32 Å². The van der Waals surface area contributed by atoms with Crippen molar-refractivity contribution in [1.29, 1.82) is 0 Å². The quantitative estimate of drug-likeness (QED) is 0.367. The molecule has 8 nitrogen and oxygen atoms in total. The first-order valence-corrected chi connectivity index (χ1v) is 5.15. The van der Waals surface area contributed by atoms with Gasteiger partial charge in [0.25, 0.3) is 0 Å². The second-order valence-corrected chi connectivity index (χ2v) is 3.85. The van der Waals surface area contributed by atoms with Crippen molar-refractivity contribution in [1.82, 2.24) is 10.2 Å². The summed E-state index contributed by atoms with van der Waals surface area (Å²) in [5, 5.41) is 39.9. The normalized spacial score (nSPS) is 34.8. The summed E-state index contributed by atoms with van der Waals surface area (Å²) in [4.78, 5) is 12.3. The maximum Gasteiger partial charge on any atom is 0.224 e. The van der Waals surface area contributed by atoms with Crippen LogP contribution in [0.25, 0.3) is 0 Å². The third-order valence-electron chi connectivity index (χ3n) is 2.77. The van der Waals surface area contributed by atoms with Crippen molar-refractivity contribution in [2.24, 2.45) is 0 Å². The largest absolute Gasteiger partial charge is 0.506 e. The topological polar surface area (TPSA) is 122 Å². The third-order valence-corrected chi connectivity index (χ3v) is 2.77. The Morgan fingerprint density at radius 2 is 2.18 bits per heavy atom. The lowest BCUT2D eigenvalue weighted by molar-refractivity contribution is -0.170. The molecule has 0 aliphatic carbocycles. The molecule has 17 heavy (non-hydrogen) atoms. The molecule has 0 aromatic carbocycles. The highest BCUT2D eigenvalue weighted by Crippen LogP contribution is 2.27. The van der Waals surface area contributed by atoms with Crippen molar-refractivity contribution < 1.29 is 30.0 Å². The molecule has 2 heterocycles. The van der Waals surface area contributed by atoms with E-state index in [4.69, 9.17) is 9.84 Å². The van der Waals surface area contributed by atoms with E-state index in [1.54, 1.807) is 0 Å². The summed E-state index contributed by atoms with van der Waals surface area (Å²) < 4.78 is 5.12. The van der Waals surface area contributed by atoms with Gasteiger partial charge in [0.05, 0.1) is 0 Å². The standard InChI is InChI=1S/C9H14N2O6/c12-3-4-6(14)7(15)8(17-4)11-2-1-5(13)10-9(11)16/h7-9,12,14-16H,1-3H2,(H,10,13)/t7?,8-,9?/m1/s1. The predicted molar refractivity (Wildman–Crippen MR) is 53.1 cm³/mol. The maximum absolute atomic E-state index is 11.0. The number of aliphatic hydroxyl groups is 4. The summed E-state index contributed by atoms with van der Waals surface area (Å²) >= 11 is 0. The molecule has 0 bridgehead atoms. The molecule has 1 amide bonds. The van der Waals surface area contributed by atoms with Gasteiger partial charge in [-0.15, -0.1) is 0 Å². The molecule has 0 radical (unpaired) electrons. The molecule has 3 atom stereocenters. The minimum absolute atomic E-state index is 0.133. The second kappa shape index (κ2) is 4.49. The van der Waals surface area contributed by atoms with Crippen LogP contribution in [0.5, 0.6) is 0 Å². The molecular formula is C9H14N2O6. The smallest absolute Gasteiger partial charge is 0.224 e. The zero-order valence-electron chi connectivity index (χ0n) is 8.91. The van der Waals surface area contributed by atoms with Gasteiger partial charge in [-0.3, -0.25) is 4.79 Å². The first-order chi connectivity index (χ1) is 8.04. The van der Waals surface area contributed by atoms with Gasteiger partial charge in [-0.2, -0.15) is 0 Å². The Kier molecular flexibility index (Phi) is 3.20. The third kappa shape index (κ3) is 2.07. The Hall–Kier alpha value is -1.35. The number of rotatable bonds is 2. The fraction of sp³-hybridized carbons (Fsp3) is 0.667. The highest BCUT2D eigenvalue weighted by molar-refractivity contribution is 5.76. The van der Waals surface area contributed by atoms with Crippen molar-refractivity contribution in [3.8, 4) is 0 Å². The van der Waals surface area contributed by atoms with Gasteiger partial charge >= 0.3 is 0 Å². The maximum atomic E-state index is 11.0. The Balaban J connectivity index is 2.08. The molecule has 2 rings (SSSR count). The molecule has 2 aliphatic heterocycles. The molecule has 5 N–H and O–H groups in total. The number of hydrogen-bond acceptors (Lipinski definition) is 7. The number of aliphatic hydroxyl groups excluding tert-OH is 4. The lowest BCUT2D eigenvalue weighted by Crippen LogP contribution is -2.59. The molecule has 1 saturated heterocycles. The highest BCUT2D eigenvalue weighted by atomic mass is 16.6. The van der Waals surface area contributed by atoms with Crippen LogP contribution in [-0.4, -0.2) is 63.1 Å². The van der Waals surface area contributed by atoms with Crippen LogP contribution in [0, 0.1) is 0 Å². The van der Waals surface area contributed by atoms with Crippen LogP contribution in [0.3, 0.4) is 0 Å². The van der Waals surface area contributed by atoms with Crippen LogP contribution in [0.15, 0.2) is 11.5 Å². The van der Waals surface area contributed by atoms with E-state index in [-0.39, 0.29) is 24.6 Å². The van der Waals surface area contributed by atoms with Crippen molar-refractivity contribution in [3.63, 3.8) is 0 Å². The van der Waals surface area contributed by atoms with E-state index in [9.17, 15) is 20.1 Å². The molecule has 1 fully saturated rings. The van der Waals surface area contributed by atoms with E-state index >= 15 is 0 Å². The molecule has 2 aliphatic rings. The summed E-state index contributed by atoms with van der Waals surface area (Å²) in [5.41, 5.74) is 0. The molecule has 0 saturated carbocycles. The lowest BCUT2D eigenvalue weighted by atomic mass is 10.2. The Morgan fingerprint density at radius 3 is 2.71 bits per heavy atom. The van der Waals surface area contributed by atoms with E-state index in [0.717, 1.165) is 0 Å². The number of amides is 1. The first kappa shape index (κ1) is 12.1. The second-order valence-electron chi connectivity index (χ2n) is 3.85. The number of nitrogens with one attached hydrogen (secondary N) is 1. The van der Waals surface area contributed by atoms with Crippen molar-refractivity contribution in [3.05, 3.63) is 11.5 Å². The van der Waals surface area contributed by atoms with Gasteiger partial charge in [-0.25, -0.2) is 4.90 Å². The van der Waals surface area contributed by atoms with Crippen molar-refractivity contribution in [2.75, 3.05) is 13.2 Å². The van der Waals surface area contributed by atoms with Gasteiger partial charge in [0.1, 0.15) is 6.61 Å². The van der Waals surface area contributed by atoms with Crippen LogP contribution in [-0.2, 0) is 9.53 Å². The number of ether oxygens (including phenoxy) is 1. The van der Waals surface area contributed by atoms with Gasteiger partial charge in [0.2, 0.25) is 5.91 Å². The molecule has 8 heteroatoms. The predicted octanol–water partition coefficient (Wildman–Crippen LogP) is -2.44. The summed E-state index contributed by atoms with van der Waals surface area (Å²) in [6.45, 7) is -0.365. The Bertz CT molecular complexity index is 357. The van der Waals surface area contributed by atoms with E-state index in [0.29, 0.717) is 0 Å². The van der Waals surface area contributed by atoms with Gasteiger partial charge in [0.15, 0.2) is 30.2 Å².